The lowest BCUT2D eigenvalue weighted by Gasteiger charge is -2.19. The molecule has 0 radical (unpaired) electrons. The van der Waals surface area contributed by atoms with Crippen molar-refractivity contribution in [3.05, 3.63) is 71.2 Å². The summed E-state index contributed by atoms with van der Waals surface area (Å²) in [6, 6.07) is 18.7. The lowest BCUT2D eigenvalue weighted by atomic mass is 10.3. The van der Waals surface area contributed by atoms with Crippen LogP contribution in [-0.4, -0.2) is 43.0 Å². The molecule has 0 spiro atoms. The summed E-state index contributed by atoms with van der Waals surface area (Å²) < 4.78 is 30.9. The average Bonchev–Trinajstić information content (AvgIpc) is 3.08. The van der Waals surface area contributed by atoms with E-state index < -0.39 is 15.9 Å². The van der Waals surface area contributed by atoms with Gasteiger partial charge < -0.3 is 10.1 Å². The fraction of sp³-hybridized carbons (Fsp3) is 0.238. The molecule has 7 nitrogen and oxygen atoms in total. The van der Waals surface area contributed by atoms with Gasteiger partial charge in [-0.3, -0.25) is 4.79 Å². The van der Waals surface area contributed by atoms with Gasteiger partial charge in [0.1, 0.15) is 11.4 Å². The maximum atomic E-state index is 13.0. The summed E-state index contributed by atoms with van der Waals surface area (Å²) >= 11 is 1.30. The van der Waals surface area contributed by atoms with Gasteiger partial charge in [0.2, 0.25) is 10.0 Å². The third kappa shape index (κ3) is 5.80. The van der Waals surface area contributed by atoms with Crippen LogP contribution >= 0.6 is 11.3 Å². The number of carbonyl (C=O) groups excluding carboxylic acids is 1. The second-order valence-electron chi connectivity index (χ2n) is 6.57. The fourth-order valence-corrected chi connectivity index (χ4v) is 4.42. The Labute approximate surface area is 180 Å². The van der Waals surface area contributed by atoms with Crippen LogP contribution in [-0.2, 0) is 10.0 Å². The van der Waals surface area contributed by atoms with Crippen LogP contribution in [0.4, 0.5) is 10.8 Å². The largest absolute Gasteiger partial charge is 0.494 e. The van der Waals surface area contributed by atoms with Crippen molar-refractivity contribution in [3.63, 3.8) is 0 Å². The van der Waals surface area contributed by atoms with Gasteiger partial charge in [-0.15, -0.1) is 11.3 Å². The Morgan fingerprint density at radius 1 is 1.10 bits per heavy atom. The van der Waals surface area contributed by atoms with Gasteiger partial charge in [0, 0.05) is 23.5 Å². The number of amides is 1. The fourth-order valence-electron chi connectivity index (χ4n) is 2.74. The second-order valence-corrected chi connectivity index (χ2v) is 9.68. The van der Waals surface area contributed by atoms with Crippen LogP contribution < -0.4 is 10.1 Å². The molecule has 0 aliphatic heterocycles. The SMILES string of the molecule is Cc1sc(Nc2ccccc2)nc1C(=O)N(CCCOc1ccccc1)S(C)(=O)=O. The molecule has 0 aliphatic rings. The molecule has 2 aromatic carbocycles. The molecule has 0 aliphatic carbocycles. The first kappa shape index (κ1) is 21.8. The normalized spacial score (nSPS) is 11.1. The molecule has 0 saturated carbocycles. The van der Waals surface area contributed by atoms with Gasteiger partial charge in [0.25, 0.3) is 5.91 Å². The van der Waals surface area contributed by atoms with Crippen LogP contribution in [0.5, 0.6) is 5.75 Å². The van der Waals surface area contributed by atoms with Gasteiger partial charge in [0.05, 0.1) is 12.9 Å². The lowest BCUT2D eigenvalue weighted by Crippen LogP contribution is -2.38. The topological polar surface area (TPSA) is 88.6 Å². The van der Waals surface area contributed by atoms with E-state index in [4.69, 9.17) is 4.74 Å². The number of benzene rings is 2. The molecule has 158 valence electrons. The van der Waals surface area contributed by atoms with Crippen molar-refractivity contribution in [1.29, 1.82) is 0 Å². The van der Waals surface area contributed by atoms with Crippen LogP contribution in [0.3, 0.4) is 0 Å². The number of nitrogens with one attached hydrogen (secondary N) is 1. The van der Waals surface area contributed by atoms with Crippen molar-refractivity contribution in [2.24, 2.45) is 0 Å². The van der Waals surface area contributed by atoms with E-state index in [2.05, 4.69) is 10.3 Å². The van der Waals surface area contributed by atoms with Crippen LogP contribution in [0.2, 0.25) is 0 Å². The number of hydrogen-bond donors (Lipinski definition) is 1. The Hall–Kier alpha value is -2.91. The van der Waals surface area contributed by atoms with E-state index in [1.807, 2.05) is 60.7 Å². The summed E-state index contributed by atoms with van der Waals surface area (Å²) in [5.74, 6) is 0.0637. The van der Waals surface area contributed by atoms with Crippen LogP contribution in [0, 0.1) is 6.92 Å². The first-order valence-corrected chi connectivity index (χ1v) is 12.0. The standard InChI is InChI=1S/C21H23N3O4S2/c1-16-19(23-21(29-16)22-17-10-5-3-6-11-17)20(25)24(30(2,26)27)14-9-15-28-18-12-7-4-8-13-18/h3-8,10-13H,9,14-15H2,1-2H3,(H,22,23). The minimum atomic E-state index is -3.75. The maximum absolute atomic E-state index is 13.0. The Morgan fingerprint density at radius 3 is 2.37 bits per heavy atom. The minimum absolute atomic E-state index is 0.0168. The number of carbonyl (C=O) groups is 1. The van der Waals surface area contributed by atoms with Crippen molar-refractivity contribution >= 4 is 38.1 Å². The van der Waals surface area contributed by atoms with Crippen molar-refractivity contribution in [2.75, 3.05) is 24.7 Å². The number of aryl methyl sites for hydroxylation is 1. The highest BCUT2D eigenvalue weighted by atomic mass is 32.2. The highest BCUT2D eigenvalue weighted by molar-refractivity contribution is 7.88. The number of nitrogens with zero attached hydrogens (tertiary/aromatic N) is 2. The molecule has 1 N–H and O–H groups in total. The van der Waals surface area contributed by atoms with Gasteiger partial charge in [-0.05, 0) is 31.2 Å². The number of anilines is 2. The Morgan fingerprint density at radius 2 is 1.73 bits per heavy atom. The molecule has 1 amide bonds. The van der Waals surface area contributed by atoms with E-state index >= 15 is 0 Å². The molecule has 1 heterocycles. The van der Waals surface area contributed by atoms with Crippen molar-refractivity contribution in [3.8, 4) is 5.75 Å². The zero-order valence-corrected chi connectivity index (χ0v) is 18.4. The Kier molecular flexibility index (Phi) is 7.07. The number of sulfonamides is 1. The summed E-state index contributed by atoms with van der Waals surface area (Å²) in [4.78, 5) is 17.9. The molecule has 0 atom stereocenters. The Balaban J connectivity index is 1.67. The van der Waals surface area contributed by atoms with Gasteiger partial charge in [-0.25, -0.2) is 17.7 Å². The molecule has 3 aromatic rings. The molecule has 0 bridgehead atoms. The smallest absolute Gasteiger partial charge is 0.287 e. The summed E-state index contributed by atoms with van der Waals surface area (Å²) in [5.41, 5.74) is 0.969. The van der Waals surface area contributed by atoms with E-state index in [9.17, 15) is 13.2 Å². The monoisotopic (exact) mass is 445 g/mol. The molecule has 0 fully saturated rings. The van der Waals surface area contributed by atoms with E-state index in [1.54, 1.807) is 6.92 Å². The number of rotatable bonds is 9. The van der Waals surface area contributed by atoms with Gasteiger partial charge in [-0.1, -0.05) is 36.4 Å². The van der Waals surface area contributed by atoms with E-state index in [0.29, 0.717) is 28.8 Å². The number of aromatic nitrogens is 1. The lowest BCUT2D eigenvalue weighted by molar-refractivity contribution is 0.0852. The first-order chi connectivity index (χ1) is 14.3. The summed E-state index contributed by atoms with van der Waals surface area (Å²) in [7, 11) is -3.75. The van der Waals surface area contributed by atoms with Gasteiger partial charge in [0.15, 0.2) is 5.13 Å². The quantitative estimate of drug-likeness (QED) is 0.500. The van der Waals surface area contributed by atoms with Crippen molar-refractivity contribution < 1.29 is 17.9 Å². The van der Waals surface area contributed by atoms with Gasteiger partial charge in [-0.2, -0.15) is 0 Å². The molecule has 30 heavy (non-hydrogen) atoms. The van der Waals surface area contributed by atoms with E-state index in [-0.39, 0.29) is 12.2 Å². The van der Waals surface area contributed by atoms with Crippen LogP contribution in [0.15, 0.2) is 60.7 Å². The summed E-state index contributed by atoms with van der Waals surface area (Å²) in [5, 5.41) is 3.67. The molecular formula is C21H23N3O4S2. The minimum Gasteiger partial charge on any atom is -0.494 e. The number of ether oxygens (including phenoxy) is 1. The third-order valence-corrected chi connectivity index (χ3v) is 6.20. The zero-order chi connectivity index (χ0) is 21.6. The highest BCUT2D eigenvalue weighted by Crippen LogP contribution is 2.26. The average molecular weight is 446 g/mol. The molecular weight excluding hydrogens is 422 g/mol. The van der Waals surface area contributed by atoms with Crippen molar-refractivity contribution in [1.82, 2.24) is 9.29 Å². The molecule has 3 rings (SSSR count). The van der Waals surface area contributed by atoms with Crippen LogP contribution in [0.1, 0.15) is 21.8 Å². The van der Waals surface area contributed by atoms with Crippen LogP contribution in [0.25, 0.3) is 0 Å². The van der Waals surface area contributed by atoms with E-state index in [1.165, 1.54) is 11.3 Å². The summed E-state index contributed by atoms with van der Waals surface area (Å²) in [6.07, 6.45) is 1.39. The van der Waals surface area contributed by atoms with Gasteiger partial charge >= 0.3 is 0 Å². The first-order valence-electron chi connectivity index (χ1n) is 9.34. The zero-order valence-electron chi connectivity index (χ0n) is 16.7. The predicted octanol–water partition coefficient (Wildman–Crippen LogP) is 4.07. The molecule has 1 aromatic heterocycles. The molecule has 9 heteroatoms. The Bertz CT molecular complexity index is 1080. The molecule has 0 saturated heterocycles. The number of hydrogen-bond acceptors (Lipinski definition) is 7. The number of thiazole rings is 1. The summed E-state index contributed by atoms with van der Waals surface area (Å²) in [6.45, 7) is 2.06. The second kappa shape index (κ2) is 9.73. The van der Waals surface area contributed by atoms with E-state index in [0.717, 1.165) is 16.2 Å². The molecule has 0 unspecified atom stereocenters. The van der Waals surface area contributed by atoms with Crippen molar-refractivity contribution in [2.45, 2.75) is 13.3 Å². The highest BCUT2D eigenvalue weighted by Gasteiger charge is 2.28. The number of para-hydroxylation sites is 2. The maximum Gasteiger partial charge on any atom is 0.287 e. The third-order valence-electron chi connectivity index (χ3n) is 4.17. The predicted molar refractivity (Wildman–Crippen MR) is 119 cm³/mol.